The minimum absolute atomic E-state index is 1.13. The smallest absolute Gasteiger partial charge is 0.0484 e. The molecule has 0 saturated carbocycles. The lowest BCUT2D eigenvalue weighted by Gasteiger charge is -2.11. The first-order chi connectivity index (χ1) is 7.88. The monoisotopic (exact) mass is 211 g/mol. The highest BCUT2D eigenvalue weighted by Crippen LogP contribution is 2.25. The van der Waals surface area contributed by atoms with E-state index < -0.39 is 0 Å². The van der Waals surface area contributed by atoms with E-state index in [-0.39, 0.29) is 0 Å². The van der Waals surface area contributed by atoms with Gasteiger partial charge in [-0.1, -0.05) is 19.1 Å². The first-order valence-corrected chi connectivity index (χ1v) is 6.17. The molecule has 0 radical (unpaired) electrons. The van der Waals surface area contributed by atoms with Gasteiger partial charge in [0.1, 0.15) is 0 Å². The second-order valence-corrected chi connectivity index (χ2v) is 4.54. The maximum absolute atomic E-state index is 2.38. The molecule has 0 atom stereocenters. The zero-order valence-corrected chi connectivity index (χ0v) is 9.74. The van der Waals surface area contributed by atoms with Crippen LogP contribution < -0.4 is 0 Å². The van der Waals surface area contributed by atoms with Crippen LogP contribution in [0.5, 0.6) is 0 Å². The first-order valence-electron chi connectivity index (χ1n) is 6.17. The summed E-state index contributed by atoms with van der Waals surface area (Å²) in [4.78, 5) is 0. The second-order valence-electron chi connectivity index (χ2n) is 4.54. The van der Waals surface area contributed by atoms with Gasteiger partial charge in [-0.25, -0.2) is 0 Å². The predicted octanol–water partition coefficient (Wildman–Crippen LogP) is 3.53. The predicted molar refractivity (Wildman–Crippen MR) is 67.2 cm³/mol. The third kappa shape index (κ3) is 1.47. The molecule has 82 valence electrons. The third-order valence-corrected chi connectivity index (χ3v) is 3.52. The van der Waals surface area contributed by atoms with Crippen LogP contribution in [0.15, 0.2) is 36.5 Å². The van der Waals surface area contributed by atoms with Gasteiger partial charge in [-0.15, -0.1) is 0 Å². The Kier molecular flexibility index (Phi) is 2.32. The number of fused-ring (bicyclic) bond motifs is 3. The largest absolute Gasteiger partial charge is 0.321 e. The van der Waals surface area contributed by atoms with Gasteiger partial charge in [-0.3, -0.25) is 0 Å². The van der Waals surface area contributed by atoms with Crippen molar-refractivity contribution in [3.8, 4) is 5.69 Å². The molecular formula is C15H17N. The standard InChI is InChI=1S/C15H17N/c1-2-12-8-9-15-13(11-12)5-3-6-14-7-4-10-16(14)15/h4,7-11H,2-3,5-6H2,1H3. The molecule has 1 aromatic carbocycles. The van der Waals surface area contributed by atoms with Crippen molar-refractivity contribution < 1.29 is 0 Å². The maximum atomic E-state index is 2.38. The molecule has 3 rings (SSSR count). The highest BCUT2D eigenvalue weighted by molar-refractivity contribution is 5.46. The number of nitrogens with zero attached hydrogens (tertiary/aromatic N) is 1. The molecule has 0 N–H and O–H groups in total. The Bertz CT molecular complexity index is 508. The average molecular weight is 211 g/mol. The number of aryl methyl sites for hydroxylation is 3. The van der Waals surface area contributed by atoms with E-state index in [4.69, 9.17) is 0 Å². The summed E-state index contributed by atoms with van der Waals surface area (Å²) < 4.78 is 2.35. The molecule has 1 nitrogen and oxygen atoms in total. The van der Waals surface area contributed by atoms with Crippen LogP contribution in [0, 0.1) is 0 Å². The van der Waals surface area contributed by atoms with Crippen molar-refractivity contribution in [3.63, 3.8) is 0 Å². The van der Waals surface area contributed by atoms with E-state index in [1.807, 2.05) is 0 Å². The van der Waals surface area contributed by atoms with E-state index in [1.165, 1.54) is 41.8 Å². The Morgan fingerprint density at radius 2 is 2.12 bits per heavy atom. The van der Waals surface area contributed by atoms with E-state index in [0.29, 0.717) is 0 Å². The normalized spacial score (nSPS) is 14.1. The van der Waals surface area contributed by atoms with Gasteiger partial charge in [0, 0.05) is 17.6 Å². The zero-order chi connectivity index (χ0) is 11.0. The van der Waals surface area contributed by atoms with E-state index in [0.717, 1.165) is 6.42 Å². The van der Waals surface area contributed by atoms with Crippen molar-refractivity contribution in [2.45, 2.75) is 32.6 Å². The quantitative estimate of drug-likeness (QED) is 0.680. The Morgan fingerprint density at radius 1 is 1.19 bits per heavy atom. The van der Waals surface area contributed by atoms with Crippen LogP contribution in [-0.2, 0) is 19.3 Å². The topological polar surface area (TPSA) is 4.93 Å². The molecule has 2 heterocycles. The Balaban J connectivity index is 2.18. The van der Waals surface area contributed by atoms with Gasteiger partial charge in [0.05, 0.1) is 0 Å². The third-order valence-electron chi connectivity index (χ3n) is 3.52. The van der Waals surface area contributed by atoms with Gasteiger partial charge in [-0.05, 0) is 55.0 Å². The van der Waals surface area contributed by atoms with Crippen LogP contribution in [-0.4, -0.2) is 4.57 Å². The van der Waals surface area contributed by atoms with Gasteiger partial charge < -0.3 is 4.57 Å². The summed E-state index contributed by atoms with van der Waals surface area (Å²) in [6.07, 6.45) is 7.00. The van der Waals surface area contributed by atoms with Crippen molar-refractivity contribution in [2.75, 3.05) is 0 Å². The zero-order valence-electron chi connectivity index (χ0n) is 9.74. The van der Waals surface area contributed by atoms with Gasteiger partial charge in [0.25, 0.3) is 0 Å². The van der Waals surface area contributed by atoms with E-state index in [1.54, 1.807) is 0 Å². The van der Waals surface area contributed by atoms with E-state index >= 15 is 0 Å². The summed E-state index contributed by atoms with van der Waals surface area (Å²) in [6.45, 7) is 2.22. The number of hydrogen-bond donors (Lipinski definition) is 0. The van der Waals surface area contributed by atoms with Crippen molar-refractivity contribution in [1.29, 1.82) is 0 Å². The molecule has 0 fully saturated rings. The van der Waals surface area contributed by atoms with Gasteiger partial charge in [0.15, 0.2) is 0 Å². The van der Waals surface area contributed by atoms with Crippen molar-refractivity contribution in [2.24, 2.45) is 0 Å². The summed E-state index contributed by atoms with van der Waals surface area (Å²) in [7, 11) is 0. The molecule has 0 aliphatic carbocycles. The molecule has 0 spiro atoms. The number of hydrogen-bond acceptors (Lipinski definition) is 0. The molecule has 1 aliphatic rings. The average Bonchev–Trinajstić information content (AvgIpc) is 2.71. The molecule has 0 saturated heterocycles. The van der Waals surface area contributed by atoms with Crippen molar-refractivity contribution in [1.82, 2.24) is 4.57 Å². The molecule has 2 aromatic rings. The van der Waals surface area contributed by atoms with Crippen LogP contribution in [0.4, 0.5) is 0 Å². The molecule has 1 aliphatic heterocycles. The Labute approximate surface area is 96.7 Å². The van der Waals surface area contributed by atoms with Crippen LogP contribution in [0.25, 0.3) is 5.69 Å². The van der Waals surface area contributed by atoms with Gasteiger partial charge in [0.2, 0.25) is 0 Å². The van der Waals surface area contributed by atoms with Gasteiger partial charge >= 0.3 is 0 Å². The molecule has 16 heavy (non-hydrogen) atoms. The Hall–Kier alpha value is -1.50. The van der Waals surface area contributed by atoms with Crippen LogP contribution in [0.3, 0.4) is 0 Å². The lowest BCUT2D eigenvalue weighted by atomic mass is 10.0. The second kappa shape index (κ2) is 3.82. The van der Waals surface area contributed by atoms with Crippen molar-refractivity contribution in [3.05, 3.63) is 53.3 Å². The minimum atomic E-state index is 1.13. The summed E-state index contributed by atoms with van der Waals surface area (Å²) in [5.41, 5.74) is 5.79. The first kappa shape index (κ1) is 9.71. The molecular weight excluding hydrogens is 194 g/mol. The Morgan fingerprint density at radius 3 is 3.00 bits per heavy atom. The highest BCUT2D eigenvalue weighted by atomic mass is 15.0. The van der Waals surface area contributed by atoms with Crippen LogP contribution >= 0.6 is 0 Å². The summed E-state index contributed by atoms with van der Waals surface area (Å²) in [5.74, 6) is 0. The fourth-order valence-corrected chi connectivity index (χ4v) is 2.61. The molecule has 0 unspecified atom stereocenters. The lowest BCUT2D eigenvalue weighted by molar-refractivity contribution is 0.815. The van der Waals surface area contributed by atoms with Gasteiger partial charge in [-0.2, -0.15) is 0 Å². The highest BCUT2D eigenvalue weighted by Gasteiger charge is 2.12. The molecule has 1 aromatic heterocycles. The van der Waals surface area contributed by atoms with E-state index in [9.17, 15) is 0 Å². The number of benzene rings is 1. The summed E-state index contributed by atoms with van der Waals surface area (Å²) in [6, 6.07) is 11.3. The van der Waals surface area contributed by atoms with Crippen molar-refractivity contribution >= 4 is 0 Å². The van der Waals surface area contributed by atoms with Crippen LogP contribution in [0.2, 0.25) is 0 Å². The fraction of sp³-hybridized carbons (Fsp3) is 0.333. The molecule has 0 amide bonds. The lowest BCUT2D eigenvalue weighted by Crippen LogP contribution is -1.98. The number of aromatic nitrogens is 1. The summed E-state index contributed by atoms with van der Waals surface area (Å²) >= 11 is 0. The summed E-state index contributed by atoms with van der Waals surface area (Å²) in [5, 5.41) is 0. The molecule has 0 bridgehead atoms. The van der Waals surface area contributed by atoms with Crippen LogP contribution in [0.1, 0.15) is 30.2 Å². The maximum Gasteiger partial charge on any atom is 0.0484 e. The SMILES string of the molecule is CCc1ccc2c(c1)CCCc1cccn1-2. The minimum Gasteiger partial charge on any atom is -0.321 e. The fourth-order valence-electron chi connectivity index (χ4n) is 2.61. The molecule has 1 heteroatoms. The van der Waals surface area contributed by atoms with E-state index in [2.05, 4.69) is 48.0 Å². The number of rotatable bonds is 1.